The lowest BCUT2D eigenvalue weighted by molar-refractivity contribution is 0.390. The van der Waals surface area contributed by atoms with Crippen LogP contribution in [0.1, 0.15) is 22.5 Å². The van der Waals surface area contributed by atoms with Crippen molar-refractivity contribution in [1.82, 2.24) is 25.4 Å². The van der Waals surface area contributed by atoms with Crippen molar-refractivity contribution in [2.24, 2.45) is 4.99 Å². The van der Waals surface area contributed by atoms with Gasteiger partial charge in [0.1, 0.15) is 11.5 Å². The second-order valence-corrected chi connectivity index (χ2v) is 6.82. The van der Waals surface area contributed by atoms with Gasteiger partial charge in [-0.2, -0.15) is 5.10 Å². The quantitative estimate of drug-likeness (QED) is 0.462. The first kappa shape index (κ1) is 21.2. The van der Waals surface area contributed by atoms with Gasteiger partial charge in [0.25, 0.3) is 0 Å². The standard InChI is InChI=1S/C22H28N6O2/c1-15-10-16(2)28(27-15)21-9-6-17(12-24-21)13-25-22(23-3)26-14-18-7-8-19(29-4)11-20(18)30-5/h6-12H,13-14H2,1-5H3,(H2,23,25,26). The van der Waals surface area contributed by atoms with Crippen molar-refractivity contribution in [2.75, 3.05) is 21.3 Å². The van der Waals surface area contributed by atoms with Crippen LogP contribution in [0.15, 0.2) is 47.6 Å². The molecule has 0 aliphatic carbocycles. The van der Waals surface area contributed by atoms with E-state index in [4.69, 9.17) is 9.47 Å². The van der Waals surface area contributed by atoms with E-state index >= 15 is 0 Å². The van der Waals surface area contributed by atoms with E-state index in [1.54, 1.807) is 21.3 Å². The monoisotopic (exact) mass is 408 g/mol. The van der Waals surface area contributed by atoms with Crippen molar-refractivity contribution in [2.45, 2.75) is 26.9 Å². The van der Waals surface area contributed by atoms with Crippen LogP contribution < -0.4 is 20.1 Å². The molecule has 8 heteroatoms. The van der Waals surface area contributed by atoms with Gasteiger partial charge < -0.3 is 20.1 Å². The summed E-state index contributed by atoms with van der Waals surface area (Å²) in [7, 11) is 5.02. The van der Waals surface area contributed by atoms with Crippen molar-refractivity contribution in [1.29, 1.82) is 0 Å². The number of hydrogen-bond acceptors (Lipinski definition) is 5. The van der Waals surface area contributed by atoms with Gasteiger partial charge in [-0.3, -0.25) is 4.99 Å². The summed E-state index contributed by atoms with van der Waals surface area (Å²) >= 11 is 0. The Hall–Kier alpha value is -3.55. The third kappa shape index (κ3) is 5.08. The molecule has 0 amide bonds. The fourth-order valence-electron chi connectivity index (χ4n) is 3.09. The molecule has 2 heterocycles. The van der Waals surface area contributed by atoms with E-state index in [-0.39, 0.29) is 0 Å². The lowest BCUT2D eigenvalue weighted by Gasteiger charge is -2.14. The van der Waals surface area contributed by atoms with Gasteiger partial charge in [0, 0.05) is 43.7 Å². The largest absolute Gasteiger partial charge is 0.497 e. The number of nitrogens with zero attached hydrogens (tertiary/aromatic N) is 4. The Bertz CT molecular complexity index is 1010. The number of aryl methyl sites for hydroxylation is 2. The van der Waals surface area contributed by atoms with Gasteiger partial charge in [-0.15, -0.1) is 0 Å². The Balaban J connectivity index is 1.57. The third-order valence-corrected chi connectivity index (χ3v) is 4.66. The van der Waals surface area contributed by atoms with Gasteiger partial charge in [-0.25, -0.2) is 9.67 Å². The number of aromatic nitrogens is 3. The van der Waals surface area contributed by atoms with E-state index in [0.29, 0.717) is 19.0 Å². The molecule has 2 aromatic heterocycles. The molecule has 0 aliphatic rings. The van der Waals surface area contributed by atoms with Crippen LogP contribution in [0.5, 0.6) is 11.5 Å². The Morgan fingerprint density at radius 2 is 1.83 bits per heavy atom. The number of nitrogens with one attached hydrogen (secondary N) is 2. The maximum atomic E-state index is 5.44. The van der Waals surface area contributed by atoms with Crippen LogP contribution in [0.4, 0.5) is 0 Å². The molecule has 0 saturated carbocycles. The van der Waals surface area contributed by atoms with Crippen LogP contribution in [0.2, 0.25) is 0 Å². The number of hydrogen-bond donors (Lipinski definition) is 2. The molecule has 0 unspecified atom stereocenters. The second-order valence-electron chi connectivity index (χ2n) is 6.82. The average molecular weight is 409 g/mol. The fourth-order valence-corrected chi connectivity index (χ4v) is 3.09. The topological polar surface area (TPSA) is 85.6 Å². The van der Waals surface area contributed by atoms with E-state index in [0.717, 1.165) is 39.8 Å². The summed E-state index contributed by atoms with van der Waals surface area (Å²) in [6.45, 7) is 5.16. The van der Waals surface area contributed by atoms with Gasteiger partial charge >= 0.3 is 0 Å². The fraction of sp³-hybridized carbons (Fsp3) is 0.318. The molecule has 158 valence electrons. The number of rotatable bonds is 7. The molecule has 0 radical (unpaired) electrons. The van der Waals surface area contributed by atoms with Crippen molar-refractivity contribution in [3.8, 4) is 17.3 Å². The Labute approximate surface area is 177 Å². The number of ether oxygens (including phenoxy) is 2. The first-order chi connectivity index (χ1) is 14.5. The van der Waals surface area contributed by atoms with Crippen molar-refractivity contribution >= 4 is 5.96 Å². The van der Waals surface area contributed by atoms with Crippen LogP contribution in [-0.2, 0) is 13.1 Å². The molecule has 8 nitrogen and oxygen atoms in total. The van der Waals surface area contributed by atoms with Gasteiger partial charge in [-0.05, 0) is 43.7 Å². The number of benzene rings is 1. The van der Waals surface area contributed by atoms with Crippen molar-refractivity contribution in [3.05, 3.63) is 65.1 Å². The predicted molar refractivity (Wildman–Crippen MR) is 117 cm³/mol. The molecule has 0 aliphatic heterocycles. The molecule has 3 aromatic rings. The minimum atomic E-state index is 0.571. The van der Waals surface area contributed by atoms with Crippen LogP contribution in [-0.4, -0.2) is 42.0 Å². The van der Waals surface area contributed by atoms with Crippen LogP contribution >= 0.6 is 0 Å². The highest BCUT2D eigenvalue weighted by atomic mass is 16.5. The normalized spacial score (nSPS) is 11.3. The molecule has 0 spiro atoms. The van der Waals surface area contributed by atoms with E-state index in [1.165, 1.54) is 0 Å². The molecule has 0 saturated heterocycles. The van der Waals surface area contributed by atoms with Crippen LogP contribution in [0.25, 0.3) is 5.82 Å². The molecule has 2 N–H and O–H groups in total. The maximum absolute atomic E-state index is 5.44. The molecule has 1 aromatic carbocycles. The highest BCUT2D eigenvalue weighted by molar-refractivity contribution is 5.79. The zero-order valence-corrected chi connectivity index (χ0v) is 18.1. The molecule has 0 fully saturated rings. The smallest absolute Gasteiger partial charge is 0.191 e. The Kier molecular flexibility index (Phi) is 6.90. The summed E-state index contributed by atoms with van der Waals surface area (Å²) in [5, 5.41) is 11.1. The predicted octanol–water partition coefficient (Wildman–Crippen LogP) is 2.77. The number of aliphatic imine (C=N–C) groups is 1. The number of guanidine groups is 1. The Morgan fingerprint density at radius 1 is 1.03 bits per heavy atom. The molecule has 0 bridgehead atoms. The third-order valence-electron chi connectivity index (χ3n) is 4.66. The van der Waals surface area contributed by atoms with E-state index in [9.17, 15) is 0 Å². The zero-order valence-electron chi connectivity index (χ0n) is 18.1. The van der Waals surface area contributed by atoms with Gasteiger partial charge in [0.05, 0.1) is 19.9 Å². The SMILES string of the molecule is CN=C(NCc1ccc(-n2nc(C)cc2C)nc1)NCc1ccc(OC)cc1OC. The first-order valence-electron chi connectivity index (χ1n) is 9.68. The molecule has 30 heavy (non-hydrogen) atoms. The molecule has 3 rings (SSSR count). The minimum absolute atomic E-state index is 0.571. The second kappa shape index (κ2) is 9.78. The lowest BCUT2D eigenvalue weighted by Crippen LogP contribution is -2.36. The average Bonchev–Trinajstić information content (AvgIpc) is 3.12. The van der Waals surface area contributed by atoms with E-state index < -0.39 is 0 Å². The summed E-state index contributed by atoms with van der Waals surface area (Å²) in [5.41, 5.74) is 4.09. The van der Waals surface area contributed by atoms with Crippen molar-refractivity contribution < 1.29 is 9.47 Å². The lowest BCUT2D eigenvalue weighted by atomic mass is 10.2. The van der Waals surface area contributed by atoms with E-state index in [2.05, 4.69) is 25.7 Å². The number of pyridine rings is 1. The summed E-state index contributed by atoms with van der Waals surface area (Å²) in [4.78, 5) is 8.81. The maximum Gasteiger partial charge on any atom is 0.191 e. The summed E-state index contributed by atoms with van der Waals surface area (Å²) in [5.74, 6) is 3.02. The summed E-state index contributed by atoms with van der Waals surface area (Å²) in [6.07, 6.45) is 1.85. The minimum Gasteiger partial charge on any atom is -0.497 e. The molecule has 0 atom stereocenters. The molecular weight excluding hydrogens is 380 g/mol. The van der Waals surface area contributed by atoms with Crippen LogP contribution in [0, 0.1) is 13.8 Å². The highest BCUT2D eigenvalue weighted by Crippen LogP contribution is 2.24. The first-order valence-corrected chi connectivity index (χ1v) is 9.68. The summed E-state index contributed by atoms with van der Waals surface area (Å²) < 4.78 is 12.5. The molecular formula is C22H28N6O2. The highest BCUT2D eigenvalue weighted by Gasteiger charge is 2.07. The van der Waals surface area contributed by atoms with E-state index in [1.807, 2.05) is 61.1 Å². The van der Waals surface area contributed by atoms with Gasteiger partial charge in [0.2, 0.25) is 0 Å². The van der Waals surface area contributed by atoms with Crippen molar-refractivity contribution in [3.63, 3.8) is 0 Å². The van der Waals surface area contributed by atoms with Gasteiger partial charge in [-0.1, -0.05) is 6.07 Å². The zero-order chi connectivity index (χ0) is 21.5. The summed E-state index contributed by atoms with van der Waals surface area (Å²) in [6, 6.07) is 11.8. The number of methoxy groups -OCH3 is 2. The van der Waals surface area contributed by atoms with Crippen LogP contribution in [0.3, 0.4) is 0 Å². The van der Waals surface area contributed by atoms with Gasteiger partial charge in [0.15, 0.2) is 11.8 Å². The Morgan fingerprint density at radius 3 is 2.43 bits per heavy atom.